The van der Waals surface area contributed by atoms with Gasteiger partial charge in [0.15, 0.2) is 0 Å². The molecule has 4 aromatic carbocycles. The van der Waals surface area contributed by atoms with Crippen molar-refractivity contribution in [3.05, 3.63) is 131 Å². The van der Waals surface area contributed by atoms with Gasteiger partial charge in [-0.05, 0) is 59.4 Å². The Morgan fingerprint density at radius 2 is 0.952 bits per heavy atom. The number of hydrogen-bond acceptors (Lipinski definition) is 6. The van der Waals surface area contributed by atoms with Gasteiger partial charge in [0.1, 0.15) is 23.7 Å². The molecule has 0 spiro atoms. The van der Waals surface area contributed by atoms with E-state index < -0.39 is 24.3 Å². The topological polar surface area (TPSA) is 124 Å². The van der Waals surface area contributed by atoms with E-state index in [1.54, 1.807) is 48.5 Å². The fraction of sp³-hybridized carbons (Fsp3) is 0.235. The predicted molar refractivity (Wildman–Crippen MR) is 160 cm³/mol. The van der Waals surface area contributed by atoms with Crippen molar-refractivity contribution in [2.24, 2.45) is 4.99 Å². The number of phenolic OH excluding ortho intramolecular Hbond substituents is 2. The standard InChI is InChI=1S/C34H34N4O4/c35-23-36-34-37(21-26-11-15-28(39)16-12-26)30(19-24-7-3-1-4-8-24)32(41)33(42)31(20-25-9-5-2-6-10-25)38(34)22-27-13-17-29(40)18-14-27/h1-18,30-33,39-42H,19-22H2/t30-,31-,32+,33+/m1/s1. The molecule has 4 N–H and O–H groups in total. The molecular weight excluding hydrogens is 528 g/mol. The van der Waals surface area contributed by atoms with E-state index in [0.717, 1.165) is 22.3 Å². The summed E-state index contributed by atoms with van der Waals surface area (Å²) in [5.41, 5.74) is 3.60. The van der Waals surface area contributed by atoms with Crippen LogP contribution in [0.15, 0.2) is 114 Å². The Labute approximate surface area is 245 Å². The SMILES string of the molecule is N#CN=C1N(Cc2ccc(O)cc2)[C@H](Cc2ccccc2)[C@H](O)[C@@H](O)[C@@H](Cc2ccccc2)N1Cc1ccc(O)cc1. The Balaban J connectivity index is 1.65. The third-order valence-electron chi connectivity index (χ3n) is 7.76. The van der Waals surface area contributed by atoms with E-state index >= 15 is 0 Å². The second kappa shape index (κ2) is 13.2. The molecule has 0 saturated carbocycles. The van der Waals surface area contributed by atoms with Crippen LogP contribution in [0.1, 0.15) is 22.3 Å². The Kier molecular flexibility index (Phi) is 9.02. The molecule has 5 rings (SSSR count). The lowest BCUT2D eigenvalue weighted by Gasteiger charge is -2.38. The van der Waals surface area contributed by atoms with Gasteiger partial charge < -0.3 is 30.2 Å². The minimum absolute atomic E-state index is 0.133. The molecule has 4 atom stereocenters. The quantitative estimate of drug-likeness (QED) is 0.237. The number of aliphatic hydroxyl groups excluding tert-OH is 2. The molecular formula is C34H34N4O4. The molecule has 0 unspecified atom stereocenters. The molecule has 1 fully saturated rings. The summed E-state index contributed by atoms with van der Waals surface area (Å²) >= 11 is 0. The zero-order chi connectivity index (χ0) is 29.5. The van der Waals surface area contributed by atoms with Crippen LogP contribution in [0.5, 0.6) is 11.5 Å². The molecule has 1 aliphatic heterocycles. The van der Waals surface area contributed by atoms with Crippen LogP contribution < -0.4 is 0 Å². The summed E-state index contributed by atoms with van der Waals surface area (Å²) in [7, 11) is 0. The van der Waals surface area contributed by atoms with E-state index in [4.69, 9.17) is 0 Å². The van der Waals surface area contributed by atoms with Gasteiger partial charge in [-0.3, -0.25) is 0 Å². The second-order valence-electron chi connectivity index (χ2n) is 10.6. The van der Waals surface area contributed by atoms with Gasteiger partial charge in [0, 0.05) is 13.1 Å². The Bertz CT molecular complexity index is 1400. The van der Waals surface area contributed by atoms with Crippen LogP contribution in [0.2, 0.25) is 0 Å². The van der Waals surface area contributed by atoms with Crippen molar-refractivity contribution in [3.8, 4) is 17.7 Å². The lowest BCUT2D eigenvalue weighted by Crippen LogP contribution is -2.51. The number of aromatic hydroxyl groups is 2. The third-order valence-corrected chi connectivity index (χ3v) is 7.76. The van der Waals surface area contributed by atoms with E-state index in [2.05, 4.69) is 4.99 Å². The molecule has 1 saturated heterocycles. The smallest absolute Gasteiger partial charge is 0.213 e. The van der Waals surface area contributed by atoms with Gasteiger partial charge in [-0.2, -0.15) is 5.26 Å². The monoisotopic (exact) mass is 562 g/mol. The zero-order valence-corrected chi connectivity index (χ0v) is 23.1. The summed E-state index contributed by atoms with van der Waals surface area (Å²) in [6.45, 7) is 0.540. The second-order valence-corrected chi connectivity index (χ2v) is 10.6. The first-order chi connectivity index (χ1) is 20.4. The predicted octanol–water partition coefficient (Wildman–Crippen LogP) is 4.20. The van der Waals surface area contributed by atoms with Gasteiger partial charge in [0.25, 0.3) is 0 Å². The number of aliphatic hydroxyl groups is 2. The highest BCUT2D eigenvalue weighted by atomic mass is 16.3. The van der Waals surface area contributed by atoms with Crippen molar-refractivity contribution in [1.29, 1.82) is 5.26 Å². The highest BCUT2D eigenvalue weighted by Crippen LogP contribution is 2.30. The summed E-state index contributed by atoms with van der Waals surface area (Å²) in [6.07, 6.45) is 0.386. The fourth-order valence-corrected chi connectivity index (χ4v) is 5.60. The molecule has 0 amide bonds. The minimum Gasteiger partial charge on any atom is -0.508 e. The maximum atomic E-state index is 11.9. The van der Waals surface area contributed by atoms with E-state index in [0.29, 0.717) is 18.8 Å². The van der Waals surface area contributed by atoms with Crippen molar-refractivity contribution in [1.82, 2.24) is 9.80 Å². The molecule has 0 bridgehead atoms. The molecule has 0 aromatic heterocycles. The molecule has 0 aliphatic carbocycles. The van der Waals surface area contributed by atoms with Crippen LogP contribution in [0, 0.1) is 11.5 Å². The highest BCUT2D eigenvalue weighted by molar-refractivity contribution is 5.82. The Morgan fingerprint density at radius 1 is 0.571 bits per heavy atom. The van der Waals surface area contributed by atoms with Crippen molar-refractivity contribution in [2.75, 3.05) is 0 Å². The molecule has 4 aromatic rings. The molecule has 0 radical (unpaired) electrons. The molecule has 1 heterocycles. The van der Waals surface area contributed by atoms with Crippen LogP contribution in [0.4, 0.5) is 0 Å². The van der Waals surface area contributed by atoms with Gasteiger partial charge in [-0.25, -0.2) is 0 Å². The number of hydrogen-bond donors (Lipinski definition) is 4. The summed E-state index contributed by atoms with van der Waals surface area (Å²) in [5, 5.41) is 53.5. The number of nitriles is 1. The van der Waals surface area contributed by atoms with E-state index in [9.17, 15) is 25.7 Å². The van der Waals surface area contributed by atoms with E-state index in [-0.39, 0.29) is 24.6 Å². The summed E-state index contributed by atoms with van der Waals surface area (Å²) in [6, 6.07) is 31.7. The van der Waals surface area contributed by atoms with Crippen molar-refractivity contribution in [2.45, 2.75) is 50.2 Å². The maximum absolute atomic E-state index is 11.9. The van der Waals surface area contributed by atoms with E-state index in [1.165, 1.54) is 0 Å². The summed E-state index contributed by atoms with van der Waals surface area (Å²) in [5.74, 6) is 0.596. The summed E-state index contributed by atoms with van der Waals surface area (Å²) < 4.78 is 0. The average molecular weight is 563 g/mol. The first kappa shape index (κ1) is 28.7. The van der Waals surface area contributed by atoms with Gasteiger partial charge in [-0.15, -0.1) is 4.99 Å². The molecule has 8 heteroatoms. The van der Waals surface area contributed by atoms with Crippen LogP contribution in [0.25, 0.3) is 0 Å². The van der Waals surface area contributed by atoms with Gasteiger partial charge in [0.05, 0.1) is 12.1 Å². The van der Waals surface area contributed by atoms with Crippen molar-refractivity contribution < 1.29 is 20.4 Å². The van der Waals surface area contributed by atoms with Gasteiger partial charge in [0.2, 0.25) is 12.2 Å². The lowest BCUT2D eigenvalue weighted by molar-refractivity contribution is -0.0408. The third kappa shape index (κ3) is 6.72. The highest BCUT2D eigenvalue weighted by Gasteiger charge is 2.45. The molecule has 42 heavy (non-hydrogen) atoms. The normalized spacial score (nSPS) is 20.5. The average Bonchev–Trinajstić information content (AvgIpc) is 3.07. The minimum atomic E-state index is -1.19. The van der Waals surface area contributed by atoms with Crippen LogP contribution in [-0.4, -0.2) is 60.5 Å². The number of phenols is 2. The lowest BCUT2D eigenvalue weighted by atomic mass is 9.91. The largest absolute Gasteiger partial charge is 0.508 e. The van der Waals surface area contributed by atoms with Crippen molar-refractivity contribution >= 4 is 5.96 Å². The van der Waals surface area contributed by atoms with Crippen LogP contribution in [-0.2, 0) is 25.9 Å². The van der Waals surface area contributed by atoms with Crippen LogP contribution in [0.3, 0.4) is 0 Å². The van der Waals surface area contributed by atoms with Gasteiger partial charge in [-0.1, -0.05) is 84.9 Å². The number of nitrogens with zero attached hydrogens (tertiary/aromatic N) is 4. The fourth-order valence-electron chi connectivity index (χ4n) is 5.60. The Hall–Kier alpha value is -4.84. The number of guanidine groups is 1. The number of rotatable bonds is 8. The van der Waals surface area contributed by atoms with Gasteiger partial charge >= 0.3 is 0 Å². The first-order valence-corrected chi connectivity index (χ1v) is 13.9. The molecule has 214 valence electrons. The number of aliphatic imine (C=N–C) groups is 1. The first-order valence-electron chi connectivity index (χ1n) is 13.9. The zero-order valence-electron chi connectivity index (χ0n) is 23.1. The number of benzene rings is 4. The van der Waals surface area contributed by atoms with E-state index in [1.807, 2.05) is 76.7 Å². The molecule has 8 nitrogen and oxygen atoms in total. The maximum Gasteiger partial charge on any atom is 0.213 e. The Morgan fingerprint density at radius 3 is 1.31 bits per heavy atom. The summed E-state index contributed by atoms with van der Waals surface area (Å²) in [4.78, 5) is 8.12. The van der Waals surface area contributed by atoms with Crippen LogP contribution >= 0.6 is 0 Å². The van der Waals surface area contributed by atoms with Crippen molar-refractivity contribution in [3.63, 3.8) is 0 Å². The molecule has 1 aliphatic rings.